The number of hydrogen-bond donors (Lipinski definition) is 0. The highest BCUT2D eigenvalue weighted by Gasteiger charge is 2.53. The molecule has 4 heteroatoms. The minimum atomic E-state index is -0.271. The third-order valence-corrected chi connectivity index (χ3v) is 4.78. The summed E-state index contributed by atoms with van der Waals surface area (Å²) in [6.45, 7) is 2.45. The molecule has 0 aromatic heterocycles. The summed E-state index contributed by atoms with van der Waals surface area (Å²) in [4.78, 5) is 14.8. The van der Waals surface area contributed by atoms with E-state index in [0.29, 0.717) is 11.8 Å². The zero-order chi connectivity index (χ0) is 14.2. The topological polar surface area (TPSA) is 29.5 Å². The number of methoxy groups -OCH3 is 1. The lowest BCUT2D eigenvalue weighted by Crippen LogP contribution is -2.38. The number of carbonyl (C=O) groups is 1. The molecule has 1 heterocycles. The van der Waals surface area contributed by atoms with Crippen LogP contribution >= 0.6 is 11.6 Å². The molecule has 1 saturated heterocycles. The molecule has 1 aromatic rings. The van der Waals surface area contributed by atoms with Crippen LogP contribution in [0.2, 0.25) is 5.02 Å². The van der Waals surface area contributed by atoms with Crippen molar-refractivity contribution in [3.05, 3.63) is 34.9 Å². The van der Waals surface area contributed by atoms with Gasteiger partial charge in [0.15, 0.2) is 0 Å². The minimum Gasteiger partial charge on any atom is -0.384 e. The van der Waals surface area contributed by atoms with Crippen molar-refractivity contribution in [1.29, 1.82) is 0 Å². The number of hydrogen-bond acceptors (Lipinski definition) is 2. The summed E-state index contributed by atoms with van der Waals surface area (Å²) in [5, 5.41) is 0.721. The Balaban J connectivity index is 1.72. The van der Waals surface area contributed by atoms with Crippen molar-refractivity contribution in [2.24, 2.45) is 5.92 Å². The highest BCUT2D eigenvalue weighted by molar-refractivity contribution is 6.30. The van der Waals surface area contributed by atoms with E-state index in [4.69, 9.17) is 16.3 Å². The van der Waals surface area contributed by atoms with Gasteiger partial charge in [0.25, 0.3) is 0 Å². The number of benzene rings is 1. The van der Waals surface area contributed by atoms with Gasteiger partial charge in [-0.15, -0.1) is 0 Å². The molecule has 20 heavy (non-hydrogen) atoms. The molecule has 2 fully saturated rings. The number of ether oxygens (including phenoxy) is 1. The SMILES string of the molecule is COC[C@@H]1CCN(C(=O)C2(c3ccc(Cl)cc3)CC2)C1. The Morgan fingerprint density at radius 2 is 2.10 bits per heavy atom. The van der Waals surface area contributed by atoms with E-state index in [1.165, 1.54) is 0 Å². The molecule has 0 spiro atoms. The van der Waals surface area contributed by atoms with Gasteiger partial charge in [0, 0.05) is 31.1 Å². The van der Waals surface area contributed by atoms with E-state index in [0.717, 1.165) is 49.5 Å². The summed E-state index contributed by atoms with van der Waals surface area (Å²) < 4.78 is 5.20. The fourth-order valence-electron chi connectivity index (χ4n) is 3.21. The third kappa shape index (κ3) is 2.45. The van der Waals surface area contributed by atoms with Gasteiger partial charge in [0.05, 0.1) is 12.0 Å². The van der Waals surface area contributed by atoms with Gasteiger partial charge >= 0.3 is 0 Å². The van der Waals surface area contributed by atoms with Crippen LogP contribution in [0.3, 0.4) is 0 Å². The molecule has 0 bridgehead atoms. The van der Waals surface area contributed by atoms with Crippen molar-refractivity contribution >= 4 is 17.5 Å². The number of amides is 1. The van der Waals surface area contributed by atoms with Gasteiger partial charge in [0.2, 0.25) is 5.91 Å². The Hall–Kier alpha value is -1.06. The fourth-order valence-corrected chi connectivity index (χ4v) is 3.34. The highest BCUT2D eigenvalue weighted by atomic mass is 35.5. The van der Waals surface area contributed by atoms with Crippen molar-refractivity contribution in [2.75, 3.05) is 26.8 Å². The molecular formula is C16H20ClNO2. The number of nitrogens with zero attached hydrogens (tertiary/aromatic N) is 1. The van der Waals surface area contributed by atoms with Crippen LogP contribution in [0.25, 0.3) is 0 Å². The molecule has 108 valence electrons. The molecule has 1 atom stereocenters. The van der Waals surface area contributed by atoms with E-state index in [-0.39, 0.29) is 5.41 Å². The standard InChI is InChI=1S/C16H20ClNO2/c1-20-11-12-6-9-18(10-12)15(19)16(7-8-16)13-2-4-14(17)5-3-13/h2-5,12H,6-11H2,1H3/t12-/m1/s1. The number of rotatable bonds is 4. The normalized spacial score (nSPS) is 23.9. The minimum absolute atomic E-state index is 0.271. The molecule has 1 aliphatic heterocycles. The van der Waals surface area contributed by atoms with Gasteiger partial charge in [-0.2, -0.15) is 0 Å². The number of carbonyl (C=O) groups excluding carboxylic acids is 1. The van der Waals surface area contributed by atoms with Gasteiger partial charge < -0.3 is 9.64 Å². The molecular weight excluding hydrogens is 274 g/mol. The summed E-state index contributed by atoms with van der Waals surface area (Å²) in [5.74, 6) is 0.781. The zero-order valence-corrected chi connectivity index (χ0v) is 12.5. The summed E-state index contributed by atoms with van der Waals surface area (Å²) in [6.07, 6.45) is 2.97. The first kappa shape index (κ1) is 13.9. The number of halogens is 1. The summed E-state index contributed by atoms with van der Waals surface area (Å²) in [5.41, 5.74) is 0.842. The van der Waals surface area contributed by atoms with Gasteiger partial charge in [-0.25, -0.2) is 0 Å². The van der Waals surface area contributed by atoms with Crippen LogP contribution in [-0.2, 0) is 14.9 Å². The average Bonchev–Trinajstić information content (AvgIpc) is 3.13. The van der Waals surface area contributed by atoms with Crippen LogP contribution < -0.4 is 0 Å². The smallest absolute Gasteiger partial charge is 0.233 e. The van der Waals surface area contributed by atoms with E-state index in [1.807, 2.05) is 29.2 Å². The molecule has 1 amide bonds. The Bertz CT molecular complexity index is 496. The molecule has 3 nitrogen and oxygen atoms in total. The van der Waals surface area contributed by atoms with Crippen LogP contribution in [0.5, 0.6) is 0 Å². The fraction of sp³-hybridized carbons (Fsp3) is 0.562. The molecule has 1 aromatic carbocycles. The maximum absolute atomic E-state index is 12.8. The van der Waals surface area contributed by atoms with Crippen molar-refractivity contribution < 1.29 is 9.53 Å². The molecule has 0 N–H and O–H groups in total. The van der Waals surface area contributed by atoms with E-state index in [1.54, 1.807) is 7.11 Å². The zero-order valence-electron chi connectivity index (χ0n) is 11.8. The first-order valence-corrected chi connectivity index (χ1v) is 7.58. The highest BCUT2D eigenvalue weighted by Crippen LogP contribution is 2.50. The third-order valence-electron chi connectivity index (χ3n) is 4.53. The maximum atomic E-state index is 12.8. The van der Waals surface area contributed by atoms with Crippen LogP contribution in [0.15, 0.2) is 24.3 Å². The predicted octanol–water partition coefficient (Wildman–Crippen LogP) is 2.87. The van der Waals surface area contributed by atoms with E-state index < -0.39 is 0 Å². The Labute approximate surface area is 124 Å². The van der Waals surface area contributed by atoms with Gasteiger partial charge in [-0.05, 0) is 37.0 Å². The molecule has 0 unspecified atom stereocenters. The number of likely N-dealkylation sites (tertiary alicyclic amines) is 1. The van der Waals surface area contributed by atoms with Crippen LogP contribution in [0.1, 0.15) is 24.8 Å². The van der Waals surface area contributed by atoms with Gasteiger partial charge in [-0.3, -0.25) is 4.79 Å². The maximum Gasteiger partial charge on any atom is 0.233 e. The van der Waals surface area contributed by atoms with E-state index in [9.17, 15) is 4.79 Å². The lowest BCUT2D eigenvalue weighted by molar-refractivity contribution is -0.133. The second kappa shape index (κ2) is 5.38. The average molecular weight is 294 g/mol. The van der Waals surface area contributed by atoms with Crippen molar-refractivity contribution in [2.45, 2.75) is 24.7 Å². The van der Waals surface area contributed by atoms with Crippen LogP contribution in [0.4, 0.5) is 0 Å². The summed E-state index contributed by atoms with van der Waals surface area (Å²) >= 11 is 5.93. The lowest BCUT2D eigenvalue weighted by atomic mass is 9.94. The largest absolute Gasteiger partial charge is 0.384 e. The molecule has 2 aliphatic rings. The summed E-state index contributed by atoms with van der Waals surface area (Å²) in [7, 11) is 1.72. The molecule has 3 rings (SSSR count). The van der Waals surface area contributed by atoms with E-state index in [2.05, 4.69) is 0 Å². The lowest BCUT2D eigenvalue weighted by Gasteiger charge is -2.23. The Kier molecular flexibility index (Phi) is 3.74. The molecule has 0 radical (unpaired) electrons. The summed E-state index contributed by atoms with van der Waals surface area (Å²) in [6, 6.07) is 7.75. The second-order valence-corrected chi connectivity index (χ2v) is 6.39. The second-order valence-electron chi connectivity index (χ2n) is 5.95. The first-order valence-electron chi connectivity index (χ1n) is 7.20. The molecule has 1 aliphatic carbocycles. The van der Waals surface area contributed by atoms with Crippen molar-refractivity contribution in [1.82, 2.24) is 4.90 Å². The van der Waals surface area contributed by atoms with E-state index >= 15 is 0 Å². The molecule has 1 saturated carbocycles. The quantitative estimate of drug-likeness (QED) is 0.854. The van der Waals surface area contributed by atoms with Gasteiger partial charge in [-0.1, -0.05) is 23.7 Å². The van der Waals surface area contributed by atoms with Crippen molar-refractivity contribution in [3.8, 4) is 0 Å². The van der Waals surface area contributed by atoms with Gasteiger partial charge in [0.1, 0.15) is 0 Å². The predicted molar refractivity (Wildman–Crippen MR) is 78.9 cm³/mol. The van der Waals surface area contributed by atoms with Crippen LogP contribution in [0, 0.1) is 5.92 Å². The Morgan fingerprint density at radius 1 is 1.40 bits per heavy atom. The van der Waals surface area contributed by atoms with Crippen LogP contribution in [-0.4, -0.2) is 37.6 Å². The monoisotopic (exact) mass is 293 g/mol. The Morgan fingerprint density at radius 3 is 2.70 bits per heavy atom. The first-order chi connectivity index (χ1) is 9.65. The van der Waals surface area contributed by atoms with Crippen molar-refractivity contribution in [3.63, 3.8) is 0 Å².